The lowest BCUT2D eigenvalue weighted by molar-refractivity contribution is 0.585. The van der Waals surface area contributed by atoms with Crippen molar-refractivity contribution in [2.24, 2.45) is 0 Å². The van der Waals surface area contributed by atoms with Crippen molar-refractivity contribution in [1.82, 2.24) is 4.98 Å². The third kappa shape index (κ3) is 2.88. The average molecular weight is 241 g/mol. The Morgan fingerprint density at radius 1 is 1.38 bits per heavy atom. The van der Waals surface area contributed by atoms with Crippen molar-refractivity contribution in [2.75, 3.05) is 11.9 Å². The molecule has 0 bridgehead atoms. The van der Waals surface area contributed by atoms with Gasteiger partial charge >= 0.3 is 0 Å². The normalized spacial score (nSPS) is 10.9. The maximum atomic E-state index is 5.79. The van der Waals surface area contributed by atoms with E-state index in [0.29, 0.717) is 11.9 Å². The van der Waals surface area contributed by atoms with Gasteiger partial charge in [-0.05, 0) is 37.0 Å². The topological polar surface area (TPSA) is 16.1 Å². The summed E-state index contributed by atoms with van der Waals surface area (Å²) in [6, 6.07) is 2.68. The molecular weight excluding hydrogens is 220 g/mol. The summed E-state index contributed by atoms with van der Waals surface area (Å²) in [5.74, 6) is 1.60. The van der Waals surface area contributed by atoms with Crippen LogP contribution in [0.1, 0.15) is 37.8 Å². The molecule has 0 aliphatic rings. The van der Waals surface area contributed by atoms with Gasteiger partial charge in [-0.1, -0.05) is 13.8 Å². The molecule has 3 heteroatoms. The number of anilines is 1. The van der Waals surface area contributed by atoms with Crippen LogP contribution in [0, 0.1) is 6.92 Å². The van der Waals surface area contributed by atoms with E-state index in [1.165, 1.54) is 5.56 Å². The predicted molar refractivity (Wildman–Crippen MR) is 71.3 cm³/mol. The summed E-state index contributed by atoms with van der Waals surface area (Å²) in [4.78, 5) is 6.78. The van der Waals surface area contributed by atoms with Crippen molar-refractivity contribution in [3.63, 3.8) is 0 Å². The molecule has 0 saturated heterocycles. The Morgan fingerprint density at radius 2 is 2.00 bits per heavy atom. The summed E-state index contributed by atoms with van der Waals surface area (Å²) in [5.41, 5.74) is 2.29. The molecule has 0 unspecified atom stereocenters. The molecule has 16 heavy (non-hydrogen) atoms. The standard InChI is InChI=1S/C13H21ClN2/c1-5-12(6-2)16(4)13-10(3)7-11(8-14)9-15-13/h7,9,12H,5-6,8H2,1-4H3. The van der Waals surface area contributed by atoms with Crippen LogP contribution in [0.2, 0.25) is 0 Å². The number of rotatable bonds is 5. The van der Waals surface area contributed by atoms with Crippen LogP contribution in [0.3, 0.4) is 0 Å². The van der Waals surface area contributed by atoms with Gasteiger partial charge in [-0.2, -0.15) is 0 Å². The Balaban J connectivity index is 2.95. The van der Waals surface area contributed by atoms with Gasteiger partial charge in [0.2, 0.25) is 0 Å². The van der Waals surface area contributed by atoms with Gasteiger partial charge < -0.3 is 4.90 Å². The monoisotopic (exact) mass is 240 g/mol. The van der Waals surface area contributed by atoms with Crippen LogP contribution in [-0.2, 0) is 5.88 Å². The zero-order valence-corrected chi connectivity index (χ0v) is 11.4. The Labute approximate surface area is 104 Å². The Kier molecular flexibility index (Phi) is 5.07. The molecule has 1 heterocycles. The number of halogens is 1. The van der Waals surface area contributed by atoms with E-state index in [1.807, 2.05) is 6.20 Å². The molecule has 1 aromatic heterocycles. The molecule has 90 valence electrons. The fraction of sp³-hybridized carbons (Fsp3) is 0.615. The van der Waals surface area contributed by atoms with Crippen LogP contribution in [0.15, 0.2) is 12.3 Å². The fourth-order valence-corrected chi connectivity index (χ4v) is 2.22. The van der Waals surface area contributed by atoms with Crippen molar-refractivity contribution in [3.8, 4) is 0 Å². The van der Waals surface area contributed by atoms with Crippen LogP contribution in [-0.4, -0.2) is 18.1 Å². The molecule has 0 fully saturated rings. The highest BCUT2D eigenvalue weighted by atomic mass is 35.5. The minimum Gasteiger partial charge on any atom is -0.357 e. The first kappa shape index (κ1) is 13.3. The Hall–Kier alpha value is -0.760. The van der Waals surface area contributed by atoms with Gasteiger partial charge in [-0.3, -0.25) is 0 Å². The van der Waals surface area contributed by atoms with Crippen LogP contribution in [0.4, 0.5) is 5.82 Å². The van der Waals surface area contributed by atoms with E-state index in [1.54, 1.807) is 0 Å². The molecule has 0 atom stereocenters. The van der Waals surface area contributed by atoms with E-state index in [-0.39, 0.29) is 0 Å². The maximum Gasteiger partial charge on any atom is 0.131 e. The molecule has 0 radical (unpaired) electrons. The van der Waals surface area contributed by atoms with Gasteiger partial charge in [0.25, 0.3) is 0 Å². The van der Waals surface area contributed by atoms with E-state index in [2.05, 4.69) is 43.8 Å². The second kappa shape index (κ2) is 6.09. The summed E-state index contributed by atoms with van der Waals surface area (Å²) in [5, 5.41) is 0. The highest BCUT2D eigenvalue weighted by Gasteiger charge is 2.14. The zero-order valence-electron chi connectivity index (χ0n) is 10.6. The van der Waals surface area contributed by atoms with Crippen molar-refractivity contribution >= 4 is 17.4 Å². The number of alkyl halides is 1. The molecule has 1 rings (SSSR count). The smallest absolute Gasteiger partial charge is 0.131 e. The molecule has 1 aromatic rings. The van der Waals surface area contributed by atoms with Crippen LogP contribution in [0.5, 0.6) is 0 Å². The summed E-state index contributed by atoms with van der Waals surface area (Å²) >= 11 is 5.79. The number of nitrogens with zero attached hydrogens (tertiary/aromatic N) is 2. The lowest BCUT2D eigenvalue weighted by Gasteiger charge is -2.28. The predicted octanol–water partition coefficient (Wildman–Crippen LogP) is 3.75. The van der Waals surface area contributed by atoms with Gasteiger partial charge in [0.1, 0.15) is 5.82 Å². The molecule has 0 aliphatic heterocycles. The van der Waals surface area contributed by atoms with Gasteiger partial charge in [-0.25, -0.2) is 4.98 Å². The molecule has 0 spiro atoms. The zero-order chi connectivity index (χ0) is 12.1. The minimum absolute atomic E-state index is 0.531. The van der Waals surface area contributed by atoms with Crippen molar-refractivity contribution in [3.05, 3.63) is 23.4 Å². The van der Waals surface area contributed by atoms with E-state index >= 15 is 0 Å². The van der Waals surface area contributed by atoms with Crippen LogP contribution in [0.25, 0.3) is 0 Å². The lowest BCUT2D eigenvalue weighted by Crippen LogP contribution is -2.31. The number of hydrogen-bond donors (Lipinski definition) is 0. The summed E-state index contributed by atoms with van der Waals surface area (Å²) in [6.45, 7) is 6.53. The van der Waals surface area contributed by atoms with Crippen LogP contribution >= 0.6 is 11.6 Å². The molecule has 0 saturated carbocycles. The summed E-state index contributed by atoms with van der Waals surface area (Å²) in [6.07, 6.45) is 4.16. The first-order valence-corrected chi connectivity index (χ1v) is 6.41. The minimum atomic E-state index is 0.531. The van der Waals surface area contributed by atoms with Crippen molar-refractivity contribution in [2.45, 2.75) is 45.5 Å². The Morgan fingerprint density at radius 3 is 2.44 bits per heavy atom. The number of pyridine rings is 1. The summed E-state index contributed by atoms with van der Waals surface area (Å²) in [7, 11) is 2.12. The number of aryl methyl sites for hydroxylation is 1. The van der Waals surface area contributed by atoms with Gasteiger partial charge in [0.15, 0.2) is 0 Å². The van der Waals surface area contributed by atoms with E-state index in [9.17, 15) is 0 Å². The third-order valence-electron chi connectivity index (χ3n) is 3.09. The van der Waals surface area contributed by atoms with Gasteiger partial charge in [0, 0.05) is 25.2 Å². The number of hydrogen-bond acceptors (Lipinski definition) is 2. The first-order chi connectivity index (χ1) is 7.63. The molecule has 0 N–H and O–H groups in total. The summed E-state index contributed by atoms with van der Waals surface area (Å²) < 4.78 is 0. The van der Waals surface area contributed by atoms with E-state index in [4.69, 9.17) is 11.6 Å². The molecule has 2 nitrogen and oxygen atoms in total. The second-order valence-electron chi connectivity index (χ2n) is 4.20. The highest BCUT2D eigenvalue weighted by Crippen LogP contribution is 2.21. The highest BCUT2D eigenvalue weighted by molar-refractivity contribution is 6.17. The fourth-order valence-electron chi connectivity index (χ4n) is 2.08. The number of aromatic nitrogens is 1. The van der Waals surface area contributed by atoms with E-state index in [0.717, 1.165) is 24.2 Å². The van der Waals surface area contributed by atoms with Crippen molar-refractivity contribution in [1.29, 1.82) is 0 Å². The van der Waals surface area contributed by atoms with Gasteiger partial charge in [-0.15, -0.1) is 11.6 Å². The van der Waals surface area contributed by atoms with Crippen molar-refractivity contribution < 1.29 is 0 Å². The third-order valence-corrected chi connectivity index (χ3v) is 3.39. The average Bonchev–Trinajstić information content (AvgIpc) is 2.30. The second-order valence-corrected chi connectivity index (χ2v) is 4.47. The quantitative estimate of drug-likeness (QED) is 0.729. The SMILES string of the molecule is CCC(CC)N(C)c1ncc(CCl)cc1C. The molecular formula is C13H21ClN2. The van der Waals surface area contributed by atoms with Crippen LogP contribution < -0.4 is 4.90 Å². The Bertz CT molecular complexity index is 335. The lowest BCUT2D eigenvalue weighted by atomic mass is 10.1. The largest absolute Gasteiger partial charge is 0.357 e. The van der Waals surface area contributed by atoms with Gasteiger partial charge in [0.05, 0.1) is 0 Å². The molecule has 0 aliphatic carbocycles. The van der Waals surface area contributed by atoms with E-state index < -0.39 is 0 Å². The maximum absolute atomic E-state index is 5.79. The molecule has 0 amide bonds. The molecule has 0 aromatic carbocycles. The first-order valence-electron chi connectivity index (χ1n) is 5.88.